The number of pyridine rings is 1. The molecule has 118 valence electrons. The first kappa shape index (κ1) is 14.6. The zero-order valence-electron chi connectivity index (χ0n) is 13.5. The van der Waals surface area contributed by atoms with Gasteiger partial charge >= 0.3 is 0 Å². The molecule has 3 aromatic rings. The standard InChI is InChI=1S/C20H16N2O2/c1-12-10-18-14(6-5-9-21-18)11-17(12)13(2)22-19(23)15-7-3-4-8-16(15)20(22)24/h3-11,13H,1-2H3. The van der Waals surface area contributed by atoms with Crippen molar-refractivity contribution < 1.29 is 9.59 Å². The number of aromatic nitrogens is 1. The Morgan fingerprint density at radius 2 is 1.62 bits per heavy atom. The third-order valence-electron chi connectivity index (χ3n) is 4.65. The molecular weight excluding hydrogens is 300 g/mol. The lowest BCUT2D eigenvalue weighted by atomic mass is 9.98. The maximum Gasteiger partial charge on any atom is 0.262 e. The number of hydrogen-bond acceptors (Lipinski definition) is 3. The van der Waals surface area contributed by atoms with E-state index in [9.17, 15) is 9.59 Å². The SMILES string of the molecule is Cc1cc2ncccc2cc1C(C)N1C(=O)c2ccccc2C1=O. The van der Waals surface area contributed by atoms with Crippen LogP contribution in [0.1, 0.15) is 44.8 Å². The Hall–Kier alpha value is -3.01. The summed E-state index contributed by atoms with van der Waals surface area (Å²) in [6.07, 6.45) is 1.76. The smallest absolute Gasteiger partial charge is 0.262 e. The van der Waals surface area contributed by atoms with E-state index in [0.717, 1.165) is 22.0 Å². The first-order valence-electron chi connectivity index (χ1n) is 7.90. The molecule has 1 aliphatic heterocycles. The summed E-state index contributed by atoms with van der Waals surface area (Å²) >= 11 is 0. The number of nitrogens with zero attached hydrogens (tertiary/aromatic N) is 2. The second kappa shape index (κ2) is 5.27. The average molecular weight is 316 g/mol. The van der Waals surface area contributed by atoms with Crippen molar-refractivity contribution in [2.24, 2.45) is 0 Å². The van der Waals surface area contributed by atoms with Crippen molar-refractivity contribution in [2.75, 3.05) is 0 Å². The van der Waals surface area contributed by atoms with Crippen LogP contribution in [0.5, 0.6) is 0 Å². The van der Waals surface area contributed by atoms with Crippen LogP contribution in [0, 0.1) is 6.92 Å². The van der Waals surface area contributed by atoms with Gasteiger partial charge in [0, 0.05) is 11.6 Å². The molecule has 1 aromatic heterocycles. The molecule has 4 heteroatoms. The maximum atomic E-state index is 12.7. The highest BCUT2D eigenvalue weighted by molar-refractivity contribution is 6.21. The molecule has 1 unspecified atom stereocenters. The predicted octanol–water partition coefficient (Wildman–Crippen LogP) is 3.90. The van der Waals surface area contributed by atoms with Crippen LogP contribution in [-0.4, -0.2) is 21.7 Å². The first-order chi connectivity index (χ1) is 11.6. The van der Waals surface area contributed by atoms with Gasteiger partial charge in [0.2, 0.25) is 0 Å². The minimum absolute atomic E-state index is 0.228. The summed E-state index contributed by atoms with van der Waals surface area (Å²) in [5.74, 6) is -0.456. The van der Waals surface area contributed by atoms with Crippen LogP contribution in [0.3, 0.4) is 0 Å². The van der Waals surface area contributed by atoms with E-state index in [2.05, 4.69) is 4.98 Å². The van der Waals surface area contributed by atoms with E-state index in [-0.39, 0.29) is 17.9 Å². The van der Waals surface area contributed by atoms with Gasteiger partial charge in [0.25, 0.3) is 11.8 Å². The average Bonchev–Trinajstić information content (AvgIpc) is 2.85. The van der Waals surface area contributed by atoms with Gasteiger partial charge in [-0.1, -0.05) is 18.2 Å². The zero-order chi connectivity index (χ0) is 16.8. The number of amides is 2. The van der Waals surface area contributed by atoms with E-state index in [1.165, 1.54) is 4.90 Å². The van der Waals surface area contributed by atoms with Crippen LogP contribution in [0.25, 0.3) is 10.9 Å². The quantitative estimate of drug-likeness (QED) is 0.674. The summed E-state index contributed by atoms with van der Waals surface area (Å²) in [6, 6.07) is 14.5. The van der Waals surface area contributed by atoms with Crippen molar-refractivity contribution in [1.82, 2.24) is 9.88 Å². The third-order valence-corrected chi connectivity index (χ3v) is 4.65. The maximum absolute atomic E-state index is 12.7. The third kappa shape index (κ3) is 2.03. The highest BCUT2D eigenvalue weighted by atomic mass is 16.2. The Labute approximate surface area is 139 Å². The van der Waals surface area contributed by atoms with Crippen LogP contribution in [0.15, 0.2) is 54.7 Å². The van der Waals surface area contributed by atoms with Crippen molar-refractivity contribution in [2.45, 2.75) is 19.9 Å². The van der Waals surface area contributed by atoms with E-state index in [1.807, 2.05) is 38.1 Å². The second-order valence-electron chi connectivity index (χ2n) is 6.11. The van der Waals surface area contributed by atoms with Crippen molar-refractivity contribution in [1.29, 1.82) is 0 Å². The molecule has 0 N–H and O–H groups in total. The summed E-state index contributed by atoms with van der Waals surface area (Å²) in [7, 11) is 0. The van der Waals surface area contributed by atoms with Gasteiger partial charge < -0.3 is 0 Å². The Morgan fingerprint density at radius 3 is 2.29 bits per heavy atom. The molecule has 2 aromatic carbocycles. The molecule has 0 saturated heterocycles. The fourth-order valence-electron chi connectivity index (χ4n) is 3.39. The van der Waals surface area contributed by atoms with Gasteiger partial charge in [-0.3, -0.25) is 19.5 Å². The lowest BCUT2D eigenvalue weighted by molar-refractivity contribution is 0.0595. The van der Waals surface area contributed by atoms with Crippen LogP contribution in [0.4, 0.5) is 0 Å². The fraction of sp³-hybridized carbons (Fsp3) is 0.150. The molecule has 2 heterocycles. The molecule has 1 aliphatic rings. The molecule has 0 spiro atoms. The Morgan fingerprint density at radius 1 is 0.958 bits per heavy atom. The molecule has 4 nitrogen and oxygen atoms in total. The molecule has 0 aliphatic carbocycles. The van der Waals surface area contributed by atoms with Gasteiger partial charge in [-0.05, 0) is 55.3 Å². The second-order valence-corrected chi connectivity index (χ2v) is 6.11. The molecule has 4 rings (SSSR count). The molecule has 0 saturated carbocycles. The number of fused-ring (bicyclic) bond motifs is 2. The molecule has 2 amide bonds. The largest absolute Gasteiger partial charge is 0.269 e. The normalized spacial score (nSPS) is 15.0. The lowest BCUT2D eigenvalue weighted by Crippen LogP contribution is -2.32. The fourth-order valence-corrected chi connectivity index (χ4v) is 3.39. The van der Waals surface area contributed by atoms with Gasteiger partial charge in [-0.25, -0.2) is 0 Å². The number of benzene rings is 2. The van der Waals surface area contributed by atoms with Gasteiger partial charge in [-0.2, -0.15) is 0 Å². The number of hydrogen-bond donors (Lipinski definition) is 0. The van der Waals surface area contributed by atoms with Gasteiger partial charge in [0.05, 0.1) is 22.7 Å². The number of rotatable bonds is 2. The van der Waals surface area contributed by atoms with Crippen LogP contribution in [0.2, 0.25) is 0 Å². The van der Waals surface area contributed by atoms with Crippen molar-refractivity contribution in [3.63, 3.8) is 0 Å². The Kier molecular flexibility index (Phi) is 3.20. The predicted molar refractivity (Wildman–Crippen MR) is 91.8 cm³/mol. The lowest BCUT2D eigenvalue weighted by Gasteiger charge is -2.24. The van der Waals surface area contributed by atoms with E-state index in [1.54, 1.807) is 30.5 Å². The molecule has 0 fully saturated rings. The summed E-state index contributed by atoms with van der Waals surface area (Å²) in [5, 5.41) is 1.00. The van der Waals surface area contributed by atoms with Crippen LogP contribution in [-0.2, 0) is 0 Å². The van der Waals surface area contributed by atoms with Crippen molar-refractivity contribution >= 4 is 22.7 Å². The van der Waals surface area contributed by atoms with Gasteiger partial charge in [-0.15, -0.1) is 0 Å². The zero-order valence-corrected chi connectivity index (χ0v) is 13.5. The molecule has 0 bridgehead atoms. The van der Waals surface area contributed by atoms with E-state index < -0.39 is 0 Å². The highest BCUT2D eigenvalue weighted by Crippen LogP contribution is 2.33. The molecule has 0 radical (unpaired) electrons. The van der Waals surface area contributed by atoms with E-state index >= 15 is 0 Å². The Balaban J connectivity index is 1.80. The van der Waals surface area contributed by atoms with Gasteiger partial charge in [0.1, 0.15) is 0 Å². The summed E-state index contributed by atoms with van der Waals surface area (Å²) in [4.78, 5) is 31.1. The van der Waals surface area contributed by atoms with Crippen molar-refractivity contribution in [3.05, 3.63) is 77.0 Å². The van der Waals surface area contributed by atoms with E-state index in [0.29, 0.717) is 11.1 Å². The number of carbonyl (C=O) groups is 2. The number of imide groups is 1. The monoisotopic (exact) mass is 316 g/mol. The van der Waals surface area contributed by atoms with Gasteiger partial charge in [0.15, 0.2) is 0 Å². The Bertz CT molecular complexity index is 959. The minimum Gasteiger partial charge on any atom is -0.269 e. The number of carbonyl (C=O) groups excluding carboxylic acids is 2. The number of aryl methyl sites for hydroxylation is 1. The summed E-state index contributed by atoms with van der Waals surface area (Å²) in [5.41, 5.74) is 3.85. The molecule has 24 heavy (non-hydrogen) atoms. The van der Waals surface area contributed by atoms with Crippen LogP contribution >= 0.6 is 0 Å². The molecule has 1 atom stereocenters. The highest BCUT2D eigenvalue weighted by Gasteiger charge is 2.38. The topological polar surface area (TPSA) is 50.3 Å². The molecular formula is C20H16N2O2. The first-order valence-corrected chi connectivity index (χ1v) is 7.90. The van der Waals surface area contributed by atoms with Crippen LogP contribution < -0.4 is 0 Å². The van der Waals surface area contributed by atoms with E-state index in [4.69, 9.17) is 0 Å². The minimum atomic E-state index is -0.331. The summed E-state index contributed by atoms with van der Waals surface area (Å²) < 4.78 is 0. The van der Waals surface area contributed by atoms with Crippen molar-refractivity contribution in [3.8, 4) is 0 Å². The summed E-state index contributed by atoms with van der Waals surface area (Å²) in [6.45, 7) is 3.88.